The third-order valence-corrected chi connectivity index (χ3v) is 4.72. The molecule has 1 heterocycles. The van der Waals surface area contributed by atoms with Gasteiger partial charge in [-0.25, -0.2) is 9.59 Å². The SMILES string of the molecule is CN(CC1(O)CCCC1)C(=O)N1CCCC1(C)C(=O)O. The molecule has 2 rings (SSSR count). The molecule has 2 N–H and O–H groups in total. The molecular formula is C14H24N2O4. The molecule has 0 spiro atoms. The molecular weight excluding hydrogens is 260 g/mol. The molecule has 2 aliphatic rings. The van der Waals surface area contributed by atoms with Crippen LogP contribution in [0.5, 0.6) is 0 Å². The smallest absolute Gasteiger partial charge is 0.329 e. The molecule has 0 radical (unpaired) electrons. The number of carbonyl (C=O) groups excluding carboxylic acids is 1. The van der Waals surface area contributed by atoms with E-state index < -0.39 is 17.1 Å². The Balaban J connectivity index is 2.05. The number of hydrogen-bond donors (Lipinski definition) is 2. The first-order valence-corrected chi connectivity index (χ1v) is 7.27. The first kappa shape index (κ1) is 15.1. The number of likely N-dealkylation sites (tertiary alicyclic amines) is 1. The van der Waals surface area contributed by atoms with E-state index in [9.17, 15) is 19.8 Å². The zero-order valence-electron chi connectivity index (χ0n) is 12.3. The predicted molar refractivity (Wildman–Crippen MR) is 73.4 cm³/mol. The van der Waals surface area contributed by atoms with Gasteiger partial charge in [0.2, 0.25) is 0 Å². The summed E-state index contributed by atoms with van der Waals surface area (Å²) in [6.07, 6.45) is 4.56. The maximum absolute atomic E-state index is 12.5. The van der Waals surface area contributed by atoms with Crippen LogP contribution in [0.4, 0.5) is 4.79 Å². The lowest BCUT2D eigenvalue weighted by Gasteiger charge is -2.36. The van der Waals surface area contributed by atoms with Crippen LogP contribution >= 0.6 is 0 Å². The van der Waals surface area contributed by atoms with E-state index in [4.69, 9.17) is 0 Å². The minimum absolute atomic E-state index is 0.276. The summed E-state index contributed by atoms with van der Waals surface area (Å²) in [5, 5.41) is 19.7. The number of hydrogen-bond acceptors (Lipinski definition) is 3. The molecule has 114 valence electrons. The van der Waals surface area contributed by atoms with E-state index in [1.165, 1.54) is 9.80 Å². The summed E-state index contributed by atoms with van der Waals surface area (Å²) in [6.45, 7) is 2.33. The number of aliphatic carboxylic acids is 1. The van der Waals surface area contributed by atoms with Crippen molar-refractivity contribution >= 4 is 12.0 Å². The van der Waals surface area contributed by atoms with E-state index in [1.54, 1.807) is 14.0 Å². The van der Waals surface area contributed by atoms with Gasteiger partial charge >= 0.3 is 12.0 Å². The largest absolute Gasteiger partial charge is 0.480 e. The molecule has 1 saturated carbocycles. The maximum atomic E-state index is 12.5. The van der Waals surface area contributed by atoms with E-state index in [1.807, 2.05) is 0 Å². The Morgan fingerprint density at radius 3 is 2.35 bits per heavy atom. The highest BCUT2D eigenvalue weighted by Crippen LogP contribution is 2.33. The molecule has 1 unspecified atom stereocenters. The molecule has 1 saturated heterocycles. The Bertz CT molecular complexity index is 406. The van der Waals surface area contributed by atoms with E-state index in [0.717, 1.165) is 12.8 Å². The topological polar surface area (TPSA) is 81.1 Å². The first-order chi connectivity index (χ1) is 9.28. The summed E-state index contributed by atoms with van der Waals surface area (Å²) in [7, 11) is 1.64. The lowest BCUT2D eigenvalue weighted by molar-refractivity contribution is -0.147. The van der Waals surface area contributed by atoms with Crippen molar-refractivity contribution in [1.29, 1.82) is 0 Å². The van der Waals surface area contributed by atoms with Crippen molar-refractivity contribution < 1.29 is 19.8 Å². The number of carboxylic acids is 1. The highest BCUT2D eigenvalue weighted by molar-refractivity contribution is 5.86. The molecule has 1 aliphatic heterocycles. The van der Waals surface area contributed by atoms with Gasteiger partial charge in [-0.2, -0.15) is 0 Å². The zero-order chi connectivity index (χ0) is 15.0. The van der Waals surface area contributed by atoms with Crippen LogP contribution in [-0.4, -0.2) is 63.3 Å². The summed E-state index contributed by atoms with van der Waals surface area (Å²) in [5.41, 5.74) is -1.92. The van der Waals surface area contributed by atoms with Crippen LogP contribution in [0.15, 0.2) is 0 Å². The quantitative estimate of drug-likeness (QED) is 0.818. The summed E-state index contributed by atoms with van der Waals surface area (Å²) in [5.74, 6) is -0.962. The monoisotopic (exact) mass is 284 g/mol. The standard InChI is InChI=1S/C14H24N2O4/c1-13(11(17)18)6-5-9-16(13)12(19)15(2)10-14(20)7-3-4-8-14/h20H,3-10H2,1-2H3,(H,17,18). The fourth-order valence-corrected chi connectivity index (χ4v) is 3.40. The number of urea groups is 1. The van der Waals surface area contributed by atoms with Crippen LogP contribution in [-0.2, 0) is 4.79 Å². The van der Waals surface area contributed by atoms with Gasteiger partial charge in [-0.3, -0.25) is 0 Å². The number of likely N-dealkylation sites (N-methyl/N-ethyl adjacent to an activating group) is 1. The van der Waals surface area contributed by atoms with Gasteiger partial charge in [0.05, 0.1) is 12.1 Å². The molecule has 2 amide bonds. The van der Waals surface area contributed by atoms with E-state index in [2.05, 4.69) is 0 Å². The Labute approximate surface area is 119 Å². The van der Waals surface area contributed by atoms with E-state index in [-0.39, 0.29) is 12.6 Å². The summed E-state index contributed by atoms with van der Waals surface area (Å²) < 4.78 is 0. The van der Waals surface area contributed by atoms with Gasteiger partial charge < -0.3 is 20.0 Å². The van der Waals surface area contributed by atoms with E-state index in [0.29, 0.717) is 32.2 Å². The molecule has 6 nitrogen and oxygen atoms in total. The molecule has 1 atom stereocenters. The van der Waals surface area contributed by atoms with Crippen LogP contribution in [0.25, 0.3) is 0 Å². The second kappa shape index (κ2) is 5.24. The minimum Gasteiger partial charge on any atom is -0.480 e. The molecule has 0 aromatic carbocycles. The van der Waals surface area contributed by atoms with Gasteiger partial charge in [-0.15, -0.1) is 0 Å². The molecule has 6 heteroatoms. The van der Waals surface area contributed by atoms with Crippen LogP contribution in [0.1, 0.15) is 45.4 Å². The number of aliphatic hydroxyl groups is 1. The summed E-state index contributed by atoms with van der Waals surface area (Å²) in [6, 6.07) is -0.298. The highest BCUT2D eigenvalue weighted by Gasteiger charge is 2.47. The van der Waals surface area contributed by atoms with E-state index >= 15 is 0 Å². The van der Waals surface area contributed by atoms with Crippen molar-refractivity contribution in [3.63, 3.8) is 0 Å². The third-order valence-electron chi connectivity index (χ3n) is 4.72. The maximum Gasteiger partial charge on any atom is 0.329 e. The number of amides is 2. The van der Waals surface area contributed by atoms with Gasteiger partial charge in [0, 0.05) is 13.6 Å². The lowest BCUT2D eigenvalue weighted by atomic mass is 9.99. The van der Waals surface area contributed by atoms with Gasteiger partial charge in [0.15, 0.2) is 0 Å². The molecule has 0 aromatic heterocycles. The molecule has 2 fully saturated rings. The van der Waals surface area contributed by atoms with Crippen LogP contribution in [0, 0.1) is 0 Å². The fourth-order valence-electron chi connectivity index (χ4n) is 3.40. The minimum atomic E-state index is -1.12. The van der Waals surface area contributed by atoms with Gasteiger partial charge in [0.1, 0.15) is 5.54 Å². The second-order valence-electron chi connectivity index (χ2n) is 6.40. The predicted octanol–water partition coefficient (Wildman–Crippen LogP) is 1.28. The number of rotatable bonds is 3. The van der Waals surface area contributed by atoms with Crippen LogP contribution in [0.3, 0.4) is 0 Å². The molecule has 0 aromatic rings. The number of nitrogens with zero attached hydrogens (tertiary/aromatic N) is 2. The fraction of sp³-hybridized carbons (Fsp3) is 0.857. The molecule has 20 heavy (non-hydrogen) atoms. The van der Waals surface area contributed by atoms with Crippen molar-refractivity contribution in [3.8, 4) is 0 Å². The Morgan fingerprint density at radius 1 is 1.20 bits per heavy atom. The van der Waals surface area contributed by atoms with Crippen molar-refractivity contribution in [2.24, 2.45) is 0 Å². The summed E-state index contributed by atoms with van der Waals surface area (Å²) >= 11 is 0. The lowest BCUT2D eigenvalue weighted by Crippen LogP contribution is -2.56. The van der Waals surface area contributed by atoms with Gasteiger partial charge in [-0.1, -0.05) is 12.8 Å². The first-order valence-electron chi connectivity index (χ1n) is 7.27. The summed E-state index contributed by atoms with van der Waals surface area (Å²) in [4.78, 5) is 26.8. The normalized spacial score (nSPS) is 28.6. The van der Waals surface area contributed by atoms with Crippen molar-refractivity contribution in [2.75, 3.05) is 20.1 Å². The average Bonchev–Trinajstić information content (AvgIpc) is 2.96. The Kier molecular flexibility index (Phi) is 3.95. The van der Waals surface area contributed by atoms with Crippen molar-refractivity contribution in [1.82, 2.24) is 9.80 Å². The molecule has 1 aliphatic carbocycles. The average molecular weight is 284 g/mol. The van der Waals surface area contributed by atoms with Crippen LogP contribution < -0.4 is 0 Å². The van der Waals surface area contributed by atoms with Crippen LogP contribution in [0.2, 0.25) is 0 Å². The third kappa shape index (κ3) is 2.61. The zero-order valence-corrected chi connectivity index (χ0v) is 12.3. The second-order valence-corrected chi connectivity index (χ2v) is 6.40. The Morgan fingerprint density at radius 2 is 1.80 bits per heavy atom. The highest BCUT2D eigenvalue weighted by atomic mass is 16.4. The van der Waals surface area contributed by atoms with Gasteiger partial charge in [0.25, 0.3) is 0 Å². The Hall–Kier alpha value is -1.30. The van der Waals surface area contributed by atoms with Crippen molar-refractivity contribution in [2.45, 2.75) is 56.6 Å². The van der Waals surface area contributed by atoms with Gasteiger partial charge in [-0.05, 0) is 32.6 Å². The number of carbonyl (C=O) groups is 2. The van der Waals surface area contributed by atoms with Crippen molar-refractivity contribution in [3.05, 3.63) is 0 Å². The molecule has 0 bridgehead atoms. The number of carboxylic acid groups (broad SMARTS) is 1.